The van der Waals surface area contributed by atoms with Crippen molar-refractivity contribution in [1.29, 1.82) is 0 Å². The van der Waals surface area contributed by atoms with Crippen molar-refractivity contribution in [1.82, 2.24) is 10.2 Å². The molecule has 0 unspecified atom stereocenters. The highest BCUT2D eigenvalue weighted by Crippen LogP contribution is 2.29. The Hall–Kier alpha value is -3.95. The van der Waals surface area contributed by atoms with E-state index in [1.807, 2.05) is 95.3 Å². The van der Waals surface area contributed by atoms with Gasteiger partial charge in [0, 0.05) is 23.5 Å². The number of carbonyl (C=O) groups excluding carboxylic acids is 2. The number of rotatable bonds is 13. The van der Waals surface area contributed by atoms with Crippen LogP contribution in [0.1, 0.15) is 48.1 Å². The van der Waals surface area contributed by atoms with Crippen LogP contribution in [-0.4, -0.2) is 43.8 Å². The van der Waals surface area contributed by atoms with Crippen LogP contribution < -0.4 is 9.62 Å². The minimum absolute atomic E-state index is 0.0848. The largest absolute Gasteiger partial charge is 0.352 e. The van der Waals surface area contributed by atoms with E-state index in [9.17, 15) is 18.0 Å². The van der Waals surface area contributed by atoms with Gasteiger partial charge in [0.1, 0.15) is 12.6 Å². The molecule has 0 heterocycles. The highest BCUT2D eigenvalue weighted by atomic mass is 79.9. The third kappa shape index (κ3) is 8.65. The summed E-state index contributed by atoms with van der Waals surface area (Å²) >= 11 is 3.47. The summed E-state index contributed by atoms with van der Waals surface area (Å²) in [5, 5.41) is 3.07. The molecule has 1 N–H and O–H groups in total. The summed E-state index contributed by atoms with van der Waals surface area (Å²) in [5.41, 5.74) is 4.69. The van der Waals surface area contributed by atoms with Gasteiger partial charge in [-0.25, -0.2) is 8.42 Å². The molecule has 0 radical (unpaired) electrons. The Morgan fingerprint density at radius 3 is 2.11 bits per heavy atom. The van der Waals surface area contributed by atoms with Gasteiger partial charge in [0.15, 0.2) is 0 Å². The Morgan fingerprint density at radius 2 is 1.48 bits per heavy atom. The van der Waals surface area contributed by atoms with E-state index in [4.69, 9.17) is 0 Å². The van der Waals surface area contributed by atoms with E-state index in [2.05, 4.69) is 21.2 Å². The molecule has 0 saturated heterocycles. The Kier molecular flexibility index (Phi) is 11.8. The summed E-state index contributed by atoms with van der Waals surface area (Å²) in [7, 11) is -4.17. The van der Waals surface area contributed by atoms with Crippen molar-refractivity contribution in [2.75, 3.05) is 10.8 Å². The second kappa shape index (κ2) is 15.6. The number of anilines is 1. The molecule has 46 heavy (non-hydrogen) atoms. The summed E-state index contributed by atoms with van der Waals surface area (Å²) in [5.74, 6) is -0.775. The van der Waals surface area contributed by atoms with E-state index < -0.39 is 28.5 Å². The van der Waals surface area contributed by atoms with E-state index in [1.165, 1.54) is 9.21 Å². The highest BCUT2D eigenvalue weighted by molar-refractivity contribution is 9.10. The monoisotopic (exact) mass is 703 g/mol. The van der Waals surface area contributed by atoms with Gasteiger partial charge in [0.05, 0.1) is 10.6 Å². The topological polar surface area (TPSA) is 86.8 Å². The van der Waals surface area contributed by atoms with E-state index in [1.54, 1.807) is 36.4 Å². The first-order valence-corrected chi connectivity index (χ1v) is 17.7. The van der Waals surface area contributed by atoms with Crippen molar-refractivity contribution in [3.63, 3.8) is 0 Å². The Balaban J connectivity index is 1.83. The first kappa shape index (κ1) is 34.9. The number of sulfonamides is 1. The van der Waals surface area contributed by atoms with Gasteiger partial charge >= 0.3 is 0 Å². The number of nitrogens with one attached hydrogen (secondary N) is 1. The van der Waals surface area contributed by atoms with Crippen molar-refractivity contribution in [2.45, 2.75) is 71.0 Å². The van der Waals surface area contributed by atoms with Crippen molar-refractivity contribution in [3.8, 4) is 0 Å². The second-order valence-electron chi connectivity index (χ2n) is 11.7. The number of halogens is 1. The molecule has 9 heteroatoms. The zero-order valence-electron chi connectivity index (χ0n) is 27.0. The fraction of sp³-hybridized carbons (Fsp3) is 0.297. The smallest absolute Gasteiger partial charge is 0.264 e. The number of amides is 2. The Bertz CT molecular complexity index is 1740. The average Bonchev–Trinajstić information content (AvgIpc) is 3.04. The molecule has 2 atom stereocenters. The number of benzene rings is 4. The lowest BCUT2D eigenvalue weighted by Crippen LogP contribution is -2.54. The molecule has 0 aromatic heterocycles. The van der Waals surface area contributed by atoms with Crippen LogP contribution in [0.4, 0.5) is 5.69 Å². The van der Waals surface area contributed by atoms with E-state index >= 15 is 0 Å². The maximum Gasteiger partial charge on any atom is 0.264 e. The Morgan fingerprint density at radius 1 is 0.826 bits per heavy atom. The SMILES string of the molecule is CC[C@H](C)NC(=O)[C@H](Cc1ccccc1)N(Cc1ccc(Br)cc1)C(=O)CN(c1cccc(C)c1C)S(=O)(=O)c1ccc(C)cc1. The summed E-state index contributed by atoms with van der Waals surface area (Å²) in [4.78, 5) is 30.2. The van der Waals surface area contributed by atoms with Crippen molar-refractivity contribution < 1.29 is 18.0 Å². The molecule has 0 spiro atoms. The van der Waals surface area contributed by atoms with Crippen LogP contribution in [0.25, 0.3) is 0 Å². The van der Waals surface area contributed by atoms with E-state index in [-0.39, 0.29) is 29.8 Å². The van der Waals surface area contributed by atoms with Crippen molar-refractivity contribution in [2.24, 2.45) is 0 Å². The van der Waals surface area contributed by atoms with Gasteiger partial charge in [0.2, 0.25) is 11.8 Å². The molecule has 2 amide bonds. The van der Waals surface area contributed by atoms with Gasteiger partial charge in [0.25, 0.3) is 10.0 Å². The minimum Gasteiger partial charge on any atom is -0.352 e. The van der Waals surface area contributed by atoms with Gasteiger partial charge < -0.3 is 10.2 Å². The Labute approximate surface area is 281 Å². The van der Waals surface area contributed by atoms with Gasteiger partial charge in [-0.3, -0.25) is 13.9 Å². The number of hydrogen-bond donors (Lipinski definition) is 1. The molecular formula is C37H42BrN3O4S. The second-order valence-corrected chi connectivity index (χ2v) is 14.5. The zero-order chi connectivity index (χ0) is 33.4. The van der Waals surface area contributed by atoms with Gasteiger partial charge in [-0.15, -0.1) is 0 Å². The third-order valence-corrected chi connectivity index (χ3v) is 10.6. The lowest BCUT2D eigenvalue weighted by Gasteiger charge is -2.34. The predicted molar refractivity (Wildman–Crippen MR) is 188 cm³/mol. The average molecular weight is 705 g/mol. The van der Waals surface area contributed by atoms with Gasteiger partial charge in [-0.1, -0.05) is 95.1 Å². The van der Waals surface area contributed by atoms with Gasteiger partial charge in [-0.05, 0) is 86.7 Å². The molecule has 0 aliphatic rings. The quantitative estimate of drug-likeness (QED) is 0.161. The van der Waals surface area contributed by atoms with Crippen LogP contribution in [0.3, 0.4) is 0 Å². The molecule has 4 rings (SSSR count). The first-order valence-electron chi connectivity index (χ1n) is 15.4. The number of aryl methyl sites for hydroxylation is 2. The summed E-state index contributed by atoms with van der Waals surface area (Å²) in [6, 6.07) is 28.1. The fourth-order valence-electron chi connectivity index (χ4n) is 5.14. The molecule has 4 aromatic rings. The minimum atomic E-state index is -4.17. The van der Waals surface area contributed by atoms with Crippen LogP contribution in [0, 0.1) is 20.8 Å². The maximum absolute atomic E-state index is 14.6. The lowest BCUT2D eigenvalue weighted by atomic mass is 10.0. The number of nitrogens with zero attached hydrogens (tertiary/aromatic N) is 2. The number of hydrogen-bond acceptors (Lipinski definition) is 4. The van der Waals surface area contributed by atoms with Crippen molar-refractivity contribution in [3.05, 3.63) is 129 Å². The van der Waals surface area contributed by atoms with Crippen LogP contribution in [-0.2, 0) is 32.6 Å². The van der Waals surface area contributed by atoms with E-state index in [0.29, 0.717) is 5.69 Å². The highest BCUT2D eigenvalue weighted by Gasteiger charge is 2.35. The van der Waals surface area contributed by atoms with Crippen LogP contribution >= 0.6 is 15.9 Å². The molecule has 0 aliphatic carbocycles. The first-order chi connectivity index (χ1) is 21.9. The van der Waals surface area contributed by atoms with E-state index in [0.717, 1.165) is 38.7 Å². The molecule has 7 nitrogen and oxygen atoms in total. The number of carbonyl (C=O) groups is 2. The fourth-order valence-corrected chi connectivity index (χ4v) is 6.87. The lowest BCUT2D eigenvalue weighted by molar-refractivity contribution is -0.140. The van der Waals surface area contributed by atoms with Crippen LogP contribution in [0.2, 0.25) is 0 Å². The third-order valence-electron chi connectivity index (χ3n) is 8.27. The molecule has 4 aromatic carbocycles. The molecule has 0 aliphatic heterocycles. The zero-order valence-corrected chi connectivity index (χ0v) is 29.4. The van der Waals surface area contributed by atoms with Gasteiger partial charge in [-0.2, -0.15) is 0 Å². The standard InChI is InChI=1S/C37H42BrN3O4S/c1-6-28(4)39-37(43)35(23-30-12-8-7-9-13-30)40(24-31-17-19-32(38)20-18-31)36(42)25-41(34-14-10-11-27(3)29(34)5)46(44,45)33-21-15-26(2)16-22-33/h7-22,28,35H,6,23-25H2,1-5H3,(H,39,43)/t28-,35-/m0/s1. The summed E-state index contributed by atoms with van der Waals surface area (Å²) < 4.78 is 30.7. The predicted octanol–water partition coefficient (Wildman–Crippen LogP) is 7.12. The normalized spacial score (nSPS) is 12.7. The van der Waals surface area contributed by atoms with Crippen LogP contribution in [0.5, 0.6) is 0 Å². The summed E-state index contributed by atoms with van der Waals surface area (Å²) in [6.07, 6.45) is 0.985. The molecule has 242 valence electrons. The maximum atomic E-state index is 14.6. The molecule has 0 bridgehead atoms. The molecular weight excluding hydrogens is 662 g/mol. The summed E-state index contributed by atoms with van der Waals surface area (Å²) in [6.45, 7) is 9.19. The molecule has 0 saturated carbocycles. The van der Waals surface area contributed by atoms with Crippen LogP contribution in [0.15, 0.2) is 106 Å². The molecule has 0 fully saturated rings. The van der Waals surface area contributed by atoms with Crippen molar-refractivity contribution >= 4 is 43.5 Å².